The molecule has 0 saturated carbocycles. The predicted octanol–water partition coefficient (Wildman–Crippen LogP) is 3.18. The summed E-state index contributed by atoms with van der Waals surface area (Å²) in [4.78, 5) is 2.51. The van der Waals surface area contributed by atoms with Gasteiger partial charge in [0, 0.05) is 18.7 Å². The fourth-order valence-electron chi connectivity index (χ4n) is 2.95. The standard InChI is InChI=1S/C15H18F3N3O3S2/c1-2-21-7-3-4-10(21)9-19-26(22,23)14-6-5-12(25-14)11-8-13(24-20-11)15(16,17)18/h5-6,8,10,19H,2-4,7,9H2,1H3/t10-/m1/s1. The van der Waals surface area contributed by atoms with Gasteiger partial charge in [0.05, 0.1) is 4.88 Å². The number of likely N-dealkylation sites (tertiary alicyclic amines) is 1. The lowest BCUT2D eigenvalue weighted by atomic mass is 10.2. The van der Waals surface area contributed by atoms with E-state index in [-0.39, 0.29) is 15.9 Å². The Balaban J connectivity index is 1.71. The van der Waals surface area contributed by atoms with E-state index in [1.54, 1.807) is 0 Å². The summed E-state index contributed by atoms with van der Waals surface area (Å²) in [5, 5.41) is 3.37. The van der Waals surface area contributed by atoms with Crippen molar-refractivity contribution in [2.75, 3.05) is 19.6 Å². The van der Waals surface area contributed by atoms with Crippen molar-refractivity contribution in [3.05, 3.63) is 24.0 Å². The topological polar surface area (TPSA) is 75.4 Å². The van der Waals surface area contributed by atoms with Crippen LogP contribution in [-0.4, -0.2) is 44.2 Å². The van der Waals surface area contributed by atoms with Gasteiger partial charge < -0.3 is 4.52 Å². The minimum Gasteiger partial charge on any atom is -0.351 e. The molecule has 1 saturated heterocycles. The van der Waals surface area contributed by atoms with E-state index in [1.165, 1.54) is 12.1 Å². The molecule has 0 radical (unpaired) electrons. The highest BCUT2D eigenvalue weighted by Gasteiger charge is 2.36. The van der Waals surface area contributed by atoms with Gasteiger partial charge in [-0.05, 0) is 38.1 Å². The van der Waals surface area contributed by atoms with Crippen molar-refractivity contribution in [1.82, 2.24) is 14.8 Å². The van der Waals surface area contributed by atoms with Crippen LogP contribution in [0.2, 0.25) is 0 Å². The lowest BCUT2D eigenvalue weighted by Crippen LogP contribution is -2.39. The molecule has 2 aromatic rings. The van der Waals surface area contributed by atoms with Crippen LogP contribution in [-0.2, 0) is 16.2 Å². The van der Waals surface area contributed by atoms with E-state index in [4.69, 9.17) is 0 Å². The molecule has 1 aliphatic rings. The van der Waals surface area contributed by atoms with Crippen molar-refractivity contribution in [3.63, 3.8) is 0 Å². The molecular formula is C15H18F3N3O3S2. The molecule has 11 heteroatoms. The second-order valence-electron chi connectivity index (χ2n) is 5.97. The van der Waals surface area contributed by atoms with E-state index < -0.39 is 22.0 Å². The van der Waals surface area contributed by atoms with Crippen LogP contribution in [0.4, 0.5) is 13.2 Å². The summed E-state index contributed by atoms with van der Waals surface area (Å²) in [7, 11) is -3.73. The molecular weight excluding hydrogens is 391 g/mol. The predicted molar refractivity (Wildman–Crippen MR) is 90.3 cm³/mol. The summed E-state index contributed by atoms with van der Waals surface area (Å²) in [5.74, 6) is -1.22. The minimum absolute atomic E-state index is 0.0325. The van der Waals surface area contributed by atoms with Crippen LogP contribution in [0.3, 0.4) is 0 Å². The summed E-state index contributed by atoms with van der Waals surface area (Å²) < 4.78 is 69.5. The zero-order valence-electron chi connectivity index (χ0n) is 13.9. The number of sulfonamides is 1. The largest absolute Gasteiger partial charge is 0.452 e. The third-order valence-corrected chi connectivity index (χ3v) is 7.33. The Labute approximate surface area is 153 Å². The first-order chi connectivity index (χ1) is 12.2. The van der Waals surface area contributed by atoms with Crippen molar-refractivity contribution in [2.45, 2.75) is 36.2 Å². The number of nitrogens with zero attached hydrogens (tertiary/aromatic N) is 2. The van der Waals surface area contributed by atoms with Gasteiger partial charge in [-0.1, -0.05) is 12.1 Å². The number of hydrogen-bond donors (Lipinski definition) is 1. The number of aromatic nitrogens is 1. The summed E-state index contributed by atoms with van der Waals surface area (Å²) in [5.41, 5.74) is -0.0447. The molecule has 0 aliphatic carbocycles. The maximum absolute atomic E-state index is 12.6. The molecule has 1 fully saturated rings. The van der Waals surface area contributed by atoms with Gasteiger partial charge in [0.15, 0.2) is 0 Å². The van der Waals surface area contributed by atoms with Crippen molar-refractivity contribution in [3.8, 4) is 10.6 Å². The average Bonchev–Trinajstić information content (AvgIpc) is 3.30. The highest BCUT2D eigenvalue weighted by molar-refractivity contribution is 7.91. The highest BCUT2D eigenvalue weighted by atomic mass is 32.2. The van der Waals surface area contributed by atoms with Gasteiger partial charge in [-0.3, -0.25) is 4.90 Å². The molecule has 26 heavy (non-hydrogen) atoms. The third kappa shape index (κ3) is 4.11. The van der Waals surface area contributed by atoms with E-state index in [0.717, 1.165) is 43.3 Å². The molecule has 144 valence electrons. The smallest absolute Gasteiger partial charge is 0.351 e. The van der Waals surface area contributed by atoms with Gasteiger partial charge in [0.25, 0.3) is 0 Å². The van der Waals surface area contributed by atoms with Crippen LogP contribution in [0.25, 0.3) is 10.6 Å². The Morgan fingerprint density at radius 1 is 1.42 bits per heavy atom. The summed E-state index contributed by atoms with van der Waals surface area (Å²) in [6, 6.07) is 3.70. The number of rotatable bonds is 6. The molecule has 0 bridgehead atoms. The van der Waals surface area contributed by atoms with Gasteiger partial charge in [0.2, 0.25) is 15.8 Å². The highest BCUT2D eigenvalue weighted by Crippen LogP contribution is 2.35. The molecule has 1 atom stereocenters. The van der Waals surface area contributed by atoms with Gasteiger partial charge in [-0.25, -0.2) is 13.1 Å². The van der Waals surface area contributed by atoms with Crippen LogP contribution >= 0.6 is 11.3 Å². The third-order valence-electron chi connectivity index (χ3n) is 4.30. The number of likely N-dealkylation sites (N-methyl/N-ethyl adjacent to an activating group) is 1. The number of alkyl halides is 3. The van der Waals surface area contributed by atoms with E-state index in [1.807, 2.05) is 6.92 Å². The van der Waals surface area contributed by atoms with E-state index in [0.29, 0.717) is 11.4 Å². The Kier molecular flexibility index (Phi) is 5.42. The van der Waals surface area contributed by atoms with Crippen LogP contribution in [0.5, 0.6) is 0 Å². The van der Waals surface area contributed by atoms with E-state index in [2.05, 4.69) is 19.3 Å². The molecule has 3 rings (SSSR count). The Hall–Kier alpha value is -1.43. The first-order valence-corrected chi connectivity index (χ1v) is 10.4. The van der Waals surface area contributed by atoms with Crippen LogP contribution in [0.15, 0.2) is 26.9 Å². The van der Waals surface area contributed by atoms with Crippen molar-refractivity contribution < 1.29 is 26.1 Å². The minimum atomic E-state index is -4.63. The van der Waals surface area contributed by atoms with Gasteiger partial charge in [-0.2, -0.15) is 13.2 Å². The molecule has 2 aromatic heterocycles. The van der Waals surface area contributed by atoms with Gasteiger partial charge in [0.1, 0.15) is 9.90 Å². The molecule has 0 spiro atoms. The van der Waals surface area contributed by atoms with Gasteiger partial charge in [-0.15, -0.1) is 11.3 Å². The molecule has 1 N–H and O–H groups in total. The maximum Gasteiger partial charge on any atom is 0.452 e. The van der Waals surface area contributed by atoms with Crippen molar-refractivity contribution in [2.24, 2.45) is 0 Å². The fraction of sp³-hybridized carbons (Fsp3) is 0.533. The zero-order chi connectivity index (χ0) is 18.9. The van der Waals surface area contributed by atoms with Crippen LogP contribution in [0, 0.1) is 0 Å². The monoisotopic (exact) mass is 409 g/mol. The second kappa shape index (κ2) is 7.29. The summed E-state index contributed by atoms with van der Waals surface area (Å²) in [6.45, 7) is 4.17. The number of nitrogens with one attached hydrogen (secondary N) is 1. The Morgan fingerprint density at radius 3 is 2.85 bits per heavy atom. The number of thiophene rings is 1. The first kappa shape index (κ1) is 19.3. The SMILES string of the molecule is CCN1CCC[C@@H]1CNS(=O)(=O)c1ccc(-c2cc(C(F)(F)F)on2)s1. The Morgan fingerprint density at radius 2 is 2.19 bits per heavy atom. The quantitative estimate of drug-likeness (QED) is 0.793. The maximum atomic E-state index is 12.6. The lowest BCUT2D eigenvalue weighted by Gasteiger charge is -2.22. The second-order valence-corrected chi connectivity index (χ2v) is 9.05. The summed E-state index contributed by atoms with van der Waals surface area (Å²) >= 11 is 0.852. The fourth-order valence-corrected chi connectivity index (χ4v) is 5.32. The Bertz CT molecular complexity index is 861. The van der Waals surface area contributed by atoms with E-state index >= 15 is 0 Å². The average molecular weight is 409 g/mol. The molecule has 6 nitrogen and oxygen atoms in total. The van der Waals surface area contributed by atoms with E-state index in [9.17, 15) is 21.6 Å². The zero-order valence-corrected chi connectivity index (χ0v) is 15.5. The van der Waals surface area contributed by atoms with Crippen molar-refractivity contribution in [1.29, 1.82) is 0 Å². The van der Waals surface area contributed by atoms with Crippen LogP contribution in [0.1, 0.15) is 25.5 Å². The first-order valence-electron chi connectivity index (χ1n) is 8.08. The van der Waals surface area contributed by atoms with Crippen molar-refractivity contribution >= 4 is 21.4 Å². The summed E-state index contributed by atoms with van der Waals surface area (Å²) in [6.07, 6.45) is -2.66. The molecule has 0 aromatic carbocycles. The molecule has 1 aliphatic heterocycles. The normalized spacial score (nSPS) is 19.3. The molecule has 0 amide bonds. The number of halogens is 3. The molecule has 0 unspecified atom stereocenters. The van der Waals surface area contributed by atoms with Gasteiger partial charge >= 0.3 is 6.18 Å². The van der Waals surface area contributed by atoms with Crippen LogP contribution < -0.4 is 4.72 Å². The number of hydrogen-bond acceptors (Lipinski definition) is 6. The molecule has 3 heterocycles. The lowest BCUT2D eigenvalue weighted by molar-refractivity contribution is -0.155.